The first kappa shape index (κ1) is 13.3. The van der Waals surface area contributed by atoms with Gasteiger partial charge in [-0.25, -0.2) is 4.39 Å². The van der Waals surface area contributed by atoms with E-state index in [1.807, 2.05) is 6.07 Å². The zero-order valence-electron chi connectivity index (χ0n) is 11.4. The van der Waals surface area contributed by atoms with Crippen LogP contribution < -0.4 is 4.90 Å². The quantitative estimate of drug-likeness (QED) is 0.869. The van der Waals surface area contributed by atoms with E-state index in [9.17, 15) is 9.50 Å². The second-order valence-corrected chi connectivity index (χ2v) is 5.41. The summed E-state index contributed by atoms with van der Waals surface area (Å²) in [6.45, 7) is 6.91. The topological polar surface area (TPSA) is 23.5 Å². The van der Waals surface area contributed by atoms with Gasteiger partial charge in [-0.3, -0.25) is 0 Å². The van der Waals surface area contributed by atoms with E-state index in [-0.39, 0.29) is 5.82 Å². The number of aliphatic hydroxyl groups is 1. The molecule has 1 fully saturated rings. The van der Waals surface area contributed by atoms with Crippen molar-refractivity contribution in [3.63, 3.8) is 0 Å². The van der Waals surface area contributed by atoms with Crippen LogP contribution >= 0.6 is 0 Å². The van der Waals surface area contributed by atoms with Crippen LogP contribution in [-0.4, -0.2) is 17.7 Å². The van der Waals surface area contributed by atoms with Gasteiger partial charge < -0.3 is 10.0 Å². The Labute approximate surface area is 108 Å². The van der Waals surface area contributed by atoms with Crippen LogP contribution in [0.25, 0.3) is 0 Å². The largest absolute Gasteiger partial charge is 0.389 e. The first-order chi connectivity index (χ1) is 8.52. The molecule has 0 radical (unpaired) electrons. The second kappa shape index (κ2) is 5.27. The normalized spacial score (nSPS) is 26.2. The fraction of sp³-hybridized carbons (Fsp3) is 0.600. The monoisotopic (exact) mass is 251 g/mol. The third kappa shape index (κ3) is 2.37. The number of hydrogen-bond acceptors (Lipinski definition) is 2. The molecule has 3 atom stereocenters. The van der Waals surface area contributed by atoms with Gasteiger partial charge in [0.1, 0.15) is 5.82 Å². The molecule has 0 saturated carbocycles. The summed E-state index contributed by atoms with van der Waals surface area (Å²) in [4.78, 5) is 2.12. The maximum Gasteiger partial charge on any atom is 0.146 e. The van der Waals surface area contributed by atoms with Crippen LogP contribution in [0, 0.1) is 11.7 Å². The number of aliphatic hydroxyl groups excluding tert-OH is 1. The van der Waals surface area contributed by atoms with Crippen molar-refractivity contribution < 1.29 is 9.50 Å². The predicted molar refractivity (Wildman–Crippen MR) is 72.2 cm³/mol. The molecule has 1 aliphatic heterocycles. The molecule has 18 heavy (non-hydrogen) atoms. The van der Waals surface area contributed by atoms with Crippen LogP contribution in [0.1, 0.15) is 45.3 Å². The lowest BCUT2D eigenvalue weighted by atomic mass is 9.90. The fourth-order valence-electron chi connectivity index (χ4n) is 2.82. The highest BCUT2D eigenvalue weighted by molar-refractivity contribution is 5.56. The molecule has 0 spiro atoms. The Balaban J connectivity index is 2.43. The van der Waals surface area contributed by atoms with E-state index in [1.54, 1.807) is 13.0 Å². The Morgan fingerprint density at radius 1 is 1.39 bits per heavy atom. The van der Waals surface area contributed by atoms with Gasteiger partial charge in [0, 0.05) is 18.2 Å². The summed E-state index contributed by atoms with van der Waals surface area (Å²) in [6.07, 6.45) is 1.63. The van der Waals surface area contributed by atoms with Gasteiger partial charge in [0.2, 0.25) is 0 Å². The molecule has 3 heteroatoms. The van der Waals surface area contributed by atoms with Crippen LogP contribution in [0.4, 0.5) is 10.1 Å². The van der Waals surface area contributed by atoms with Crippen LogP contribution in [0.5, 0.6) is 0 Å². The maximum atomic E-state index is 14.1. The summed E-state index contributed by atoms with van der Waals surface area (Å²) >= 11 is 0. The standard InChI is InChI=1S/C15H22FNO/c1-10-6-5-9-17(11(10)2)15-13(12(3)18)7-4-8-14(15)16/h4,7-8,10-12,18H,5-6,9H2,1-3H3/t10?,11?,12-/m0/s1. The summed E-state index contributed by atoms with van der Waals surface area (Å²) in [5, 5.41) is 9.82. The van der Waals surface area contributed by atoms with E-state index in [1.165, 1.54) is 12.5 Å². The van der Waals surface area contributed by atoms with Crippen LogP contribution in [-0.2, 0) is 0 Å². The van der Waals surface area contributed by atoms with Crippen molar-refractivity contribution in [2.24, 2.45) is 5.92 Å². The van der Waals surface area contributed by atoms with E-state index in [0.717, 1.165) is 13.0 Å². The molecule has 1 N–H and O–H groups in total. The van der Waals surface area contributed by atoms with Gasteiger partial charge >= 0.3 is 0 Å². The second-order valence-electron chi connectivity index (χ2n) is 5.41. The van der Waals surface area contributed by atoms with E-state index in [0.29, 0.717) is 23.2 Å². The van der Waals surface area contributed by atoms with Gasteiger partial charge in [0.05, 0.1) is 11.8 Å². The average Bonchev–Trinajstić information content (AvgIpc) is 2.33. The molecule has 0 aliphatic carbocycles. The van der Waals surface area contributed by atoms with Crippen molar-refractivity contribution in [1.82, 2.24) is 0 Å². The summed E-state index contributed by atoms with van der Waals surface area (Å²) in [6, 6.07) is 5.27. The van der Waals surface area contributed by atoms with Gasteiger partial charge in [-0.15, -0.1) is 0 Å². The molecule has 2 unspecified atom stereocenters. The van der Waals surface area contributed by atoms with Crippen molar-refractivity contribution in [3.05, 3.63) is 29.6 Å². The Bertz CT molecular complexity index is 419. The average molecular weight is 251 g/mol. The van der Waals surface area contributed by atoms with Crippen LogP contribution in [0.15, 0.2) is 18.2 Å². The number of halogens is 1. The summed E-state index contributed by atoms with van der Waals surface area (Å²) in [5.41, 5.74) is 1.28. The molecular weight excluding hydrogens is 229 g/mol. The predicted octanol–water partition coefficient (Wildman–Crippen LogP) is 3.50. The SMILES string of the molecule is CC1CCCN(c2c(F)cccc2[C@H](C)O)C1C. The lowest BCUT2D eigenvalue weighted by Gasteiger charge is -2.41. The van der Waals surface area contributed by atoms with E-state index >= 15 is 0 Å². The fourth-order valence-corrected chi connectivity index (χ4v) is 2.82. The number of para-hydroxylation sites is 1. The van der Waals surface area contributed by atoms with Crippen LogP contribution in [0.2, 0.25) is 0 Å². The van der Waals surface area contributed by atoms with Crippen molar-refractivity contribution in [1.29, 1.82) is 0 Å². The minimum atomic E-state index is -0.639. The molecule has 1 heterocycles. The highest BCUT2D eigenvalue weighted by Crippen LogP contribution is 2.35. The van der Waals surface area contributed by atoms with Crippen LogP contribution in [0.3, 0.4) is 0 Å². The highest BCUT2D eigenvalue weighted by atomic mass is 19.1. The maximum absolute atomic E-state index is 14.1. The highest BCUT2D eigenvalue weighted by Gasteiger charge is 2.28. The lowest BCUT2D eigenvalue weighted by molar-refractivity contribution is 0.198. The molecule has 0 amide bonds. The Morgan fingerprint density at radius 2 is 2.11 bits per heavy atom. The third-order valence-corrected chi connectivity index (χ3v) is 4.13. The molecule has 2 rings (SSSR count). The van der Waals surface area contributed by atoms with Gasteiger partial charge in [-0.2, -0.15) is 0 Å². The van der Waals surface area contributed by atoms with Crippen molar-refractivity contribution >= 4 is 5.69 Å². The van der Waals surface area contributed by atoms with Gasteiger partial charge in [-0.05, 0) is 38.7 Å². The summed E-state index contributed by atoms with van der Waals surface area (Å²) in [5.74, 6) is 0.328. The Hall–Kier alpha value is -1.09. The lowest BCUT2D eigenvalue weighted by Crippen LogP contribution is -2.43. The minimum absolute atomic E-state index is 0.227. The van der Waals surface area contributed by atoms with E-state index in [4.69, 9.17) is 0 Å². The molecular formula is C15H22FNO. The van der Waals surface area contributed by atoms with E-state index < -0.39 is 6.10 Å². The van der Waals surface area contributed by atoms with Gasteiger partial charge in [-0.1, -0.05) is 19.1 Å². The van der Waals surface area contributed by atoms with Crippen molar-refractivity contribution in [2.75, 3.05) is 11.4 Å². The molecule has 1 aliphatic rings. The first-order valence-corrected chi connectivity index (χ1v) is 6.75. The number of piperidine rings is 1. The summed E-state index contributed by atoms with van der Waals surface area (Å²) < 4.78 is 14.1. The first-order valence-electron chi connectivity index (χ1n) is 6.75. The molecule has 0 bridgehead atoms. The number of benzene rings is 1. The number of rotatable bonds is 2. The van der Waals surface area contributed by atoms with E-state index in [2.05, 4.69) is 18.7 Å². The number of nitrogens with zero attached hydrogens (tertiary/aromatic N) is 1. The smallest absolute Gasteiger partial charge is 0.146 e. The molecule has 1 aromatic carbocycles. The molecule has 2 nitrogen and oxygen atoms in total. The molecule has 1 saturated heterocycles. The summed E-state index contributed by atoms with van der Waals surface area (Å²) in [7, 11) is 0. The number of hydrogen-bond donors (Lipinski definition) is 1. The third-order valence-electron chi connectivity index (χ3n) is 4.13. The zero-order chi connectivity index (χ0) is 13.3. The molecule has 0 aromatic heterocycles. The van der Waals surface area contributed by atoms with Crippen molar-refractivity contribution in [3.8, 4) is 0 Å². The Morgan fingerprint density at radius 3 is 2.78 bits per heavy atom. The minimum Gasteiger partial charge on any atom is -0.389 e. The van der Waals surface area contributed by atoms with Gasteiger partial charge in [0.15, 0.2) is 0 Å². The van der Waals surface area contributed by atoms with Gasteiger partial charge in [0.25, 0.3) is 0 Å². The number of anilines is 1. The molecule has 100 valence electrons. The molecule has 1 aromatic rings. The Kier molecular flexibility index (Phi) is 3.91. The van der Waals surface area contributed by atoms with Crippen molar-refractivity contribution in [2.45, 2.75) is 45.8 Å². The zero-order valence-corrected chi connectivity index (χ0v) is 11.4.